The maximum absolute atomic E-state index is 9.87. The van der Waals surface area contributed by atoms with Gasteiger partial charge in [-0.15, -0.1) is 12.6 Å². The molecule has 0 fully saturated rings. The Kier molecular flexibility index (Phi) is 2.26. The first kappa shape index (κ1) is 7.06. The zero-order valence-electron chi connectivity index (χ0n) is 5.11. The second-order valence-electron chi connectivity index (χ2n) is 1.67. The van der Waals surface area contributed by atoms with Gasteiger partial charge in [-0.3, -0.25) is 4.98 Å². The van der Waals surface area contributed by atoms with Crippen molar-refractivity contribution in [2.24, 2.45) is 0 Å². The van der Waals surface area contributed by atoms with Gasteiger partial charge in [0.05, 0.1) is 5.69 Å². The van der Waals surface area contributed by atoms with Gasteiger partial charge in [0, 0.05) is 17.2 Å². The standard InChI is InChI=1S/C7H5NOS/c9-5-3-6-7(10)2-1-4-8-6/h1-4,10H. The van der Waals surface area contributed by atoms with Crippen LogP contribution in [0.1, 0.15) is 5.69 Å². The lowest BCUT2D eigenvalue weighted by Gasteiger charge is -1.92. The molecule has 0 aliphatic rings. The van der Waals surface area contributed by atoms with Crippen LogP contribution in [-0.2, 0) is 4.79 Å². The molecule has 0 saturated carbocycles. The molecule has 0 bridgehead atoms. The third-order valence-corrected chi connectivity index (χ3v) is 1.39. The summed E-state index contributed by atoms with van der Waals surface area (Å²) in [6, 6.07) is 3.52. The molecule has 0 radical (unpaired) electrons. The fourth-order valence-electron chi connectivity index (χ4n) is 0.576. The van der Waals surface area contributed by atoms with Gasteiger partial charge in [-0.25, -0.2) is 4.79 Å². The van der Waals surface area contributed by atoms with Gasteiger partial charge in [-0.05, 0) is 12.1 Å². The van der Waals surface area contributed by atoms with E-state index >= 15 is 0 Å². The highest BCUT2D eigenvalue weighted by Gasteiger charge is 1.91. The summed E-state index contributed by atoms with van der Waals surface area (Å²) in [5.74, 6) is 1.64. The number of hydrogen-bond acceptors (Lipinski definition) is 3. The summed E-state index contributed by atoms with van der Waals surface area (Å²) in [6.07, 6.45) is 2.85. The highest BCUT2D eigenvalue weighted by Crippen LogP contribution is 2.09. The molecule has 10 heavy (non-hydrogen) atoms. The molecule has 0 aromatic carbocycles. The van der Waals surface area contributed by atoms with Gasteiger partial charge in [0.2, 0.25) is 0 Å². The molecule has 3 heteroatoms. The highest BCUT2D eigenvalue weighted by atomic mass is 32.1. The molecule has 1 aromatic rings. The fourth-order valence-corrected chi connectivity index (χ4v) is 0.784. The van der Waals surface area contributed by atoms with Gasteiger partial charge in [0.15, 0.2) is 0 Å². The van der Waals surface area contributed by atoms with Crippen LogP contribution in [0.25, 0.3) is 6.08 Å². The van der Waals surface area contributed by atoms with Gasteiger partial charge in [-0.1, -0.05) is 0 Å². The summed E-state index contributed by atoms with van der Waals surface area (Å²) in [5, 5.41) is 0. The van der Waals surface area contributed by atoms with E-state index in [9.17, 15) is 4.79 Å². The number of nitrogens with zero attached hydrogens (tertiary/aromatic N) is 1. The molecule has 0 saturated heterocycles. The second kappa shape index (κ2) is 3.20. The average Bonchev–Trinajstić information content (AvgIpc) is 1.94. The van der Waals surface area contributed by atoms with Crippen LogP contribution in [0.4, 0.5) is 0 Å². The predicted molar refractivity (Wildman–Crippen MR) is 41.6 cm³/mol. The topological polar surface area (TPSA) is 30.0 Å². The lowest BCUT2D eigenvalue weighted by atomic mass is 10.3. The van der Waals surface area contributed by atoms with Gasteiger partial charge in [-0.2, -0.15) is 0 Å². The second-order valence-corrected chi connectivity index (χ2v) is 2.15. The minimum atomic E-state index is 0.556. The van der Waals surface area contributed by atoms with Crippen molar-refractivity contribution in [3.63, 3.8) is 0 Å². The summed E-state index contributed by atoms with van der Waals surface area (Å²) in [5.41, 5.74) is 0.556. The maximum Gasteiger partial charge on any atom is 0.126 e. The third kappa shape index (κ3) is 1.47. The number of thiol groups is 1. The van der Waals surface area contributed by atoms with Gasteiger partial charge in [0.25, 0.3) is 0 Å². The molecule has 1 rings (SSSR count). The van der Waals surface area contributed by atoms with Crippen molar-refractivity contribution < 1.29 is 4.79 Å². The molecule has 0 aliphatic heterocycles. The zero-order valence-corrected chi connectivity index (χ0v) is 6.01. The Balaban J connectivity index is 3.14. The van der Waals surface area contributed by atoms with Crippen molar-refractivity contribution >= 4 is 24.6 Å². The lowest BCUT2D eigenvalue weighted by molar-refractivity contribution is 0.570. The van der Waals surface area contributed by atoms with E-state index in [4.69, 9.17) is 0 Å². The third-order valence-electron chi connectivity index (χ3n) is 1.01. The van der Waals surface area contributed by atoms with Crippen LogP contribution in [0.3, 0.4) is 0 Å². The fraction of sp³-hybridized carbons (Fsp3) is 0. The van der Waals surface area contributed by atoms with Crippen LogP contribution in [0.15, 0.2) is 23.2 Å². The Morgan fingerprint density at radius 2 is 2.50 bits per heavy atom. The smallest absolute Gasteiger partial charge is 0.126 e. The molecule has 1 aromatic heterocycles. The summed E-state index contributed by atoms with van der Waals surface area (Å²) < 4.78 is 0. The molecule has 0 N–H and O–H groups in total. The number of hydrogen-bond donors (Lipinski definition) is 1. The minimum absolute atomic E-state index is 0.556. The van der Waals surface area contributed by atoms with Crippen molar-refractivity contribution in [3.8, 4) is 0 Å². The van der Waals surface area contributed by atoms with Crippen molar-refractivity contribution in [1.29, 1.82) is 0 Å². The Morgan fingerprint density at radius 3 is 3.10 bits per heavy atom. The normalized spacial score (nSPS) is 8.50. The number of pyridine rings is 1. The summed E-state index contributed by atoms with van der Waals surface area (Å²) in [4.78, 5) is 14.4. The van der Waals surface area contributed by atoms with E-state index in [-0.39, 0.29) is 0 Å². The summed E-state index contributed by atoms with van der Waals surface area (Å²) in [6.45, 7) is 0. The lowest BCUT2D eigenvalue weighted by Crippen LogP contribution is -1.80. The van der Waals surface area contributed by atoms with Gasteiger partial charge >= 0.3 is 0 Å². The molecule has 0 amide bonds. The molecule has 0 aliphatic carbocycles. The van der Waals surface area contributed by atoms with Gasteiger partial charge < -0.3 is 0 Å². The van der Waals surface area contributed by atoms with Crippen molar-refractivity contribution in [2.75, 3.05) is 0 Å². The Hall–Kier alpha value is -1.05. The SMILES string of the molecule is O=C=Cc1ncccc1S. The maximum atomic E-state index is 9.87. The van der Waals surface area contributed by atoms with E-state index in [1.165, 1.54) is 6.08 Å². The first-order valence-electron chi connectivity index (χ1n) is 2.69. The van der Waals surface area contributed by atoms with E-state index in [0.717, 1.165) is 0 Å². The number of carbonyl (C=O) groups excluding carboxylic acids is 1. The van der Waals surface area contributed by atoms with E-state index in [1.54, 1.807) is 24.3 Å². The highest BCUT2D eigenvalue weighted by molar-refractivity contribution is 7.80. The first-order valence-corrected chi connectivity index (χ1v) is 3.14. The average molecular weight is 151 g/mol. The van der Waals surface area contributed by atoms with E-state index in [2.05, 4.69) is 17.6 Å². The van der Waals surface area contributed by atoms with Crippen LogP contribution in [0.2, 0.25) is 0 Å². The Morgan fingerprint density at radius 1 is 1.70 bits per heavy atom. The zero-order chi connectivity index (χ0) is 7.40. The monoisotopic (exact) mass is 151 g/mol. The van der Waals surface area contributed by atoms with Crippen LogP contribution in [-0.4, -0.2) is 10.9 Å². The molecule has 50 valence electrons. The van der Waals surface area contributed by atoms with E-state index in [0.29, 0.717) is 10.6 Å². The van der Waals surface area contributed by atoms with Crippen LogP contribution < -0.4 is 0 Å². The number of rotatable bonds is 1. The molecular formula is C7H5NOS. The van der Waals surface area contributed by atoms with Crippen molar-refractivity contribution in [2.45, 2.75) is 4.90 Å². The van der Waals surface area contributed by atoms with Crippen LogP contribution in [0, 0.1) is 0 Å². The quantitative estimate of drug-likeness (QED) is 0.483. The molecule has 0 spiro atoms. The number of aromatic nitrogens is 1. The van der Waals surface area contributed by atoms with Crippen molar-refractivity contribution in [1.82, 2.24) is 4.98 Å². The summed E-state index contributed by atoms with van der Waals surface area (Å²) >= 11 is 4.06. The van der Waals surface area contributed by atoms with E-state index < -0.39 is 0 Å². The molecule has 2 nitrogen and oxygen atoms in total. The molecular weight excluding hydrogens is 146 g/mol. The molecule has 0 atom stereocenters. The minimum Gasteiger partial charge on any atom is -0.255 e. The molecule has 0 unspecified atom stereocenters. The Labute approximate surface area is 64.0 Å². The van der Waals surface area contributed by atoms with Gasteiger partial charge in [0.1, 0.15) is 5.94 Å². The predicted octanol–water partition coefficient (Wildman–Crippen LogP) is 1.22. The van der Waals surface area contributed by atoms with E-state index in [1.807, 2.05) is 0 Å². The van der Waals surface area contributed by atoms with Crippen LogP contribution in [0.5, 0.6) is 0 Å². The summed E-state index contributed by atoms with van der Waals surface area (Å²) in [7, 11) is 0. The molecule has 1 heterocycles. The first-order chi connectivity index (χ1) is 4.84. The largest absolute Gasteiger partial charge is 0.255 e. The van der Waals surface area contributed by atoms with Crippen LogP contribution >= 0.6 is 12.6 Å². The Bertz CT molecular complexity index is 279. The van der Waals surface area contributed by atoms with Crippen molar-refractivity contribution in [3.05, 3.63) is 24.0 Å².